The third-order valence-corrected chi connectivity index (χ3v) is 7.09. The quantitative estimate of drug-likeness (QED) is 0.269. The summed E-state index contributed by atoms with van der Waals surface area (Å²) < 4.78 is 40.0. The van der Waals surface area contributed by atoms with Crippen LogP contribution in [0.1, 0.15) is 17.7 Å². The smallest absolute Gasteiger partial charge is 0.416 e. The number of carbonyl (C=O) groups excluding carboxylic acids is 1. The Bertz CT molecular complexity index is 1640. The molecule has 0 spiro atoms. The van der Waals surface area contributed by atoms with E-state index in [9.17, 15) is 22.8 Å². The molecule has 2 aliphatic rings. The number of carbonyl (C=O) groups is 2. The van der Waals surface area contributed by atoms with Gasteiger partial charge < -0.3 is 20.6 Å². The van der Waals surface area contributed by atoms with Crippen molar-refractivity contribution in [3.8, 4) is 22.5 Å². The maximum Gasteiger partial charge on any atom is 0.416 e. The molecule has 0 aliphatic carbocycles. The Morgan fingerprint density at radius 2 is 1.88 bits per heavy atom. The first-order valence-corrected chi connectivity index (χ1v) is 12.7. The molecule has 2 aliphatic heterocycles. The lowest BCUT2D eigenvalue weighted by Gasteiger charge is -2.36. The number of alkyl halides is 3. The molecule has 2 aromatic carbocycles. The maximum atomic E-state index is 13.7. The minimum Gasteiger partial charge on any atom is -0.465 e. The molecule has 11 nitrogen and oxygen atoms in total. The summed E-state index contributed by atoms with van der Waals surface area (Å²) in [7, 11) is 0. The Hall–Kier alpha value is -5.14. The van der Waals surface area contributed by atoms with E-state index in [0.29, 0.717) is 52.7 Å². The second kappa shape index (κ2) is 10.1. The highest BCUT2D eigenvalue weighted by Gasteiger charge is 2.40. The lowest BCUT2D eigenvalue weighted by molar-refractivity contribution is -0.137. The van der Waals surface area contributed by atoms with Crippen molar-refractivity contribution in [2.24, 2.45) is 0 Å². The summed E-state index contributed by atoms with van der Waals surface area (Å²) in [6, 6.07) is 14.7. The fraction of sp³-hybridized carbons (Fsp3) is 0.222. The molecule has 1 atom stereocenters. The Labute approximate surface area is 231 Å². The van der Waals surface area contributed by atoms with Crippen molar-refractivity contribution in [1.82, 2.24) is 25.7 Å². The van der Waals surface area contributed by atoms with E-state index in [-0.39, 0.29) is 12.6 Å². The van der Waals surface area contributed by atoms with E-state index in [1.54, 1.807) is 47.4 Å². The minimum absolute atomic E-state index is 0.0552. The Morgan fingerprint density at radius 3 is 2.68 bits per heavy atom. The van der Waals surface area contributed by atoms with Crippen LogP contribution < -0.4 is 20.4 Å². The fourth-order valence-electron chi connectivity index (χ4n) is 5.19. The van der Waals surface area contributed by atoms with Gasteiger partial charge in [-0.25, -0.2) is 14.6 Å². The summed E-state index contributed by atoms with van der Waals surface area (Å²) in [5.74, 6) is 0.377. The van der Waals surface area contributed by atoms with Crippen LogP contribution >= 0.6 is 0 Å². The van der Waals surface area contributed by atoms with E-state index in [0.717, 1.165) is 24.4 Å². The second-order valence-corrected chi connectivity index (χ2v) is 9.68. The van der Waals surface area contributed by atoms with Crippen molar-refractivity contribution in [1.29, 1.82) is 0 Å². The SMILES string of the molecule is O=C(O)NCc1nn[nH]c1-c1cccc(NC(=O)N2c3nc(-c4cccc(C(F)(F)F)c4)ccc3N3CC[C@H]2C3)c1. The van der Waals surface area contributed by atoms with E-state index in [4.69, 9.17) is 5.11 Å². The van der Waals surface area contributed by atoms with E-state index in [1.165, 1.54) is 6.07 Å². The number of rotatable bonds is 5. The molecule has 6 rings (SSSR count). The van der Waals surface area contributed by atoms with Gasteiger partial charge in [0, 0.05) is 29.9 Å². The molecule has 41 heavy (non-hydrogen) atoms. The lowest BCUT2D eigenvalue weighted by Crippen LogP contribution is -2.48. The van der Waals surface area contributed by atoms with Gasteiger partial charge in [-0.05, 0) is 42.8 Å². The average molecular weight is 565 g/mol. The van der Waals surface area contributed by atoms with Crippen LogP contribution in [0.15, 0.2) is 60.7 Å². The molecule has 1 fully saturated rings. The van der Waals surface area contributed by atoms with E-state index >= 15 is 0 Å². The summed E-state index contributed by atoms with van der Waals surface area (Å²) in [6.07, 6.45) is -4.98. The molecule has 2 bridgehead atoms. The molecule has 4 heterocycles. The molecular formula is C27H23F3N8O3. The van der Waals surface area contributed by atoms with Crippen molar-refractivity contribution in [2.75, 3.05) is 28.2 Å². The zero-order chi connectivity index (χ0) is 28.7. The predicted molar refractivity (Wildman–Crippen MR) is 143 cm³/mol. The highest BCUT2D eigenvalue weighted by Crippen LogP contribution is 2.41. The Morgan fingerprint density at radius 1 is 1.07 bits per heavy atom. The molecule has 1 saturated heterocycles. The minimum atomic E-state index is -4.49. The van der Waals surface area contributed by atoms with Crippen LogP contribution in [0, 0.1) is 0 Å². The molecule has 0 unspecified atom stereocenters. The Kier molecular flexibility index (Phi) is 6.44. The normalized spacial score (nSPS) is 15.9. The number of halogens is 3. The van der Waals surface area contributed by atoms with E-state index < -0.39 is 23.9 Å². The number of amides is 3. The van der Waals surface area contributed by atoms with Crippen molar-refractivity contribution >= 4 is 29.3 Å². The average Bonchev–Trinajstić information content (AvgIpc) is 3.59. The number of hydrogen-bond donors (Lipinski definition) is 4. The number of urea groups is 1. The van der Waals surface area contributed by atoms with Crippen LogP contribution in [-0.2, 0) is 12.7 Å². The monoisotopic (exact) mass is 564 g/mol. The van der Waals surface area contributed by atoms with Gasteiger partial charge in [0.25, 0.3) is 0 Å². The van der Waals surface area contributed by atoms with Crippen LogP contribution in [0.4, 0.5) is 40.0 Å². The topological polar surface area (TPSA) is 139 Å². The number of carboxylic acid groups (broad SMARTS) is 1. The lowest BCUT2D eigenvalue weighted by atomic mass is 10.1. The number of aromatic nitrogens is 4. The predicted octanol–water partition coefficient (Wildman–Crippen LogP) is 4.95. The summed E-state index contributed by atoms with van der Waals surface area (Å²) in [5.41, 5.74) is 2.56. The van der Waals surface area contributed by atoms with Gasteiger partial charge in [0.1, 0.15) is 5.69 Å². The molecule has 4 aromatic rings. The van der Waals surface area contributed by atoms with Crippen LogP contribution in [0.5, 0.6) is 0 Å². The van der Waals surface area contributed by atoms with Crippen LogP contribution in [-0.4, -0.2) is 56.8 Å². The molecular weight excluding hydrogens is 541 g/mol. The van der Waals surface area contributed by atoms with E-state index in [2.05, 4.69) is 35.9 Å². The summed E-state index contributed by atoms with van der Waals surface area (Å²) >= 11 is 0. The third-order valence-electron chi connectivity index (χ3n) is 7.09. The molecule has 2 aromatic heterocycles. The zero-order valence-electron chi connectivity index (χ0n) is 21.3. The summed E-state index contributed by atoms with van der Waals surface area (Å²) in [6.45, 7) is 1.28. The second-order valence-electron chi connectivity index (χ2n) is 9.68. The zero-order valence-corrected chi connectivity index (χ0v) is 21.3. The number of nitrogens with zero attached hydrogens (tertiary/aromatic N) is 5. The van der Waals surface area contributed by atoms with Gasteiger partial charge in [0.15, 0.2) is 5.82 Å². The number of aromatic amines is 1. The fourth-order valence-corrected chi connectivity index (χ4v) is 5.19. The van der Waals surface area contributed by atoms with Crippen molar-refractivity contribution in [3.05, 3.63) is 71.9 Å². The van der Waals surface area contributed by atoms with Crippen molar-refractivity contribution in [2.45, 2.75) is 25.2 Å². The standard InChI is InChI=1S/C27H23F3N8O3/c28-27(29,30)17-5-1-3-15(11-17)20-7-8-22-24(33-20)38(19-9-10-37(22)14-19)25(39)32-18-6-2-4-16(12-18)23-21(34-36-35-23)13-31-26(40)41/h1-8,11-12,19,31H,9-10,13-14H2,(H,32,39)(H,40,41)(H,34,35,36)/t19-/m0/s1. The number of nitrogens with one attached hydrogen (secondary N) is 3. The van der Waals surface area contributed by atoms with Gasteiger partial charge in [0.2, 0.25) is 0 Å². The van der Waals surface area contributed by atoms with Gasteiger partial charge in [-0.1, -0.05) is 29.5 Å². The number of hydrogen-bond acceptors (Lipinski definition) is 6. The van der Waals surface area contributed by atoms with Crippen LogP contribution in [0.25, 0.3) is 22.5 Å². The first-order valence-electron chi connectivity index (χ1n) is 12.7. The molecule has 4 N–H and O–H groups in total. The first kappa shape index (κ1) is 26.1. The molecule has 210 valence electrons. The number of fused-ring (bicyclic) bond motifs is 4. The number of H-pyrrole nitrogens is 1. The number of anilines is 3. The molecule has 0 radical (unpaired) electrons. The van der Waals surface area contributed by atoms with Crippen LogP contribution in [0.2, 0.25) is 0 Å². The summed E-state index contributed by atoms with van der Waals surface area (Å²) in [4.78, 5) is 32.9. The molecule has 3 amide bonds. The van der Waals surface area contributed by atoms with Gasteiger partial charge in [-0.15, -0.1) is 5.10 Å². The number of pyridine rings is 1. The Balaban J connectivity index is 1.29. The van der Waals surface area contributed by atoms with Crippen LogP contribution in [0.3, 0.4) is 0 Å². The third kappa shape index (κ3) is 5.11. The van der Waals surface area contributed by atoms with Gasteiger partial charge >= 0.3 is 18.3 Å². The highest BCUT2D eigenvalue weighted by atomic mass is 19.4. The van der Waals surface area contributed by atoms with Gasteiger partial charge in [-0.3, -0.25) is 10.00 Å². The largest absolute Gasteiger partial charge is 0.465 e. The summed E-state index contributed by atoms with van der Waals surface area (Å²) in [5, 5.41) is 24.5. The van der Waals surface area contributed by atoms with Gasteiger partial charge in [-0.2, -0.15) is 13.2 Å². The van der Waals surface area contributed by atoms with E-state index in [1.807, 2.05) is 0 Å². The van der Waals surface area contributed by atoms with Crippen molar-refractivity contribution < 1.29 is 27.9 Å². The maximum absolute atomic E-state index is 13.7. The highest BCUT2D eigenvalue weighted by molar-refractivity contribution is 6.05. The van der Waals surface area contributed by atoms with Crippen molar-refractivity contribution in [3.63, 3.8) is 0 Å². The molecule has 14 heteroatoms. The molecule has 0 saturated carbocycles. The van der Waals surface area contributed by atoms with Gasteiger partial charge in [0.05, 0.1) is 35.2 Å². The first-order chi connectivity index (χ1) is 19.7. The number of benzene rings is 2.